The Kier molecular flexibility index (Phi) is 5.63. The van der Waals surface area contributed by atoms with Gasteiger partial charge in [0.05, 0.1) is 33.3 Å². The topological polar surface area (TPSA) is 35.6 Å². The number of benzene rings is 8. The fraction of sp³-hybridized carbons (Fsp3) is 0. The van der Waals surface area contributed by atoms with Gasteiger partial charge in [-0.15, -0.1) is 0 Å². The van der Waals surface area contributed by atoms with Gasteiger partial charge in [0.15, 0.2) is 0 Å². The van der Waals surface area contributed by atoms with Gasteiger partial charge in [-0.2, -0.15) is 0 Å². The molecule has 0 bridgehead atoms. The zero-order chi connectivity index (χ0) is 32.8. The molecular formula is C46H28N4. The molecule has 0 aliphatic rings. The molecule has 0 fully saturated rings. The van der Waals surface area contributed by atoms with Crippen LogP contribution in [0.3, 0.4) is 0 Å². The van der Waals surface area contributed by atoms with E-state index < -0.39 is 0 Å². The molecular weight excluding hydrogens is 609 g/mol. The molecule has 0 unspecified atom stereocenters. The first-order valence-electron chi connectivity index (χ1n) is 17.0. The fourth-order valence-corrected chi connectivity index (χ4v) is 7.97. The van der Waals surface area contributed by atoms with E-state index in [4.69, 9.17) is 9.97 Å². The predicted molar refractivity (Wildman–Crippen MR) is 209 cm³/mol. The van der Waals surface area contributed by atoms with Crippen molar-refractivity contribution < 1.29 is 0 Å². The molecule has 8 aromatic carbocycles. The Morgan fingerprint density at radius 1 is 0.340 bits per heavy atom. The molecule has 50 heavy (non-hydrogen) atoms. The zero-order valence-electron chi connectivity index (χ0n) is 27.0. The van der Waals surface area contributed by atoms with Crippen LogP contribution in [-0.2, 0) is 0 Å². The third kappa shape index (κ3) is 3.93. The first-order chi connectivity index (χ1) is 24.8. The summed E-state index contributed by atoms with van der Waals surface area (Å²) in [4.78, 5) is 10.7. The van der Waals surface area contributed by atoms with Gasteiger partial charge in [-0.05, 0) is 70.1 Å². The van der Waals surface area contributed by atoms with Crippen LogP contribution in [0, 0.1) is 0 Å². The van der Waals surface area contributed by atoms with Crippen LogP contribution in [-0.4, -0.2) is 19.1 Å². The summed E-state index contributed by atoms with van der Waals surface area (Å²) in [5.41, 5.74) is 8.52. The second-order valence-electron chi connectivity index (χ2n) is 13.1. The van der Waals surface area contributed by atoms with Crippen molar-refractivity contribution in [2.45, 2.75) is 0 Å². The maximum Gasteiger partial charge on any atom is 0.235 e. The molecule has 0 saturated heterocycles. The molecule has 232 valence electrons. The molecule has 0 aliphatic heterocycles. The fourth-order valence-electron chi connectivity index (χ4n) is 7.97. The molecule has 4 nitrogen and oxygen atoms in total. The Labute approximate surface area is 287 Å². The standard InChI is InChI=1S/C46H28N4/c1-2-12-30-25-34(23-21-29(30)11-1)49-41-19-9-6-15-35(41)37-24-22-33(28-43(37)49)45-38-17-5-8-18-40(38)47-46(48-45)50-42-20-10-7-16-36(42)39-26-31-13-3-4-14-32(31)27-44(39)50/h1-28H. The van der Waals surface area contributed by atoms with Gasteiger partial charge in [-0.3, -0.25) is 4.57 Å². The number of aromatic nitrogens is 4. The lowest BCUT2D eigenvalue weighted by Crippen LogP contribution is -2.03. The van der Waals surface area contributed by atoms with Gasteiger partial charge in [-0.25, -0.2) is 9.97 Å². The minimum Gasteiger partial charge on any atom is -0.309 e. The number of rotatable bonds is 3. The van der Waals surface area contributed by atoms with Crippen LogP contribution in [0.5, 0.6) is 0 Å². The summed E-state index contributed by atoms with van der Waals surface area (Å²) < 4.78 is 4.63. The summed E-state index contributed by atoms with van der Waals surface area (Å²) in [5.74, 6) is 0.662. The van der Waals surface area contributed by atoms with Crippen LogP contribution >= 0.6 is 0 Å². The van der Waals surface area contributed by atoms with Crippen molar-refractivity contribution in [1.29, 1.82) is 0 Å². The first-order valence-corrected chi connectivity index (χ1v) is 17.0. The van der Waals surface area contributed by atoms with E-state index in [0.717, 1.165) is 44.4 Å². The molecule has 3 aromatic heterocycles. The smallest absolute Gasteiger partial charge is 0.235 e. The Morgan fingerprint density at radius 3 is 1.72 bits per heavy atom. The SMILES string of the molecule is c1ccc2cc(-n3c4ccccc4c4ccc(-c5nc(-n6c7ccccc7c7cc8ccccc8cc76)nc6ccccc56)cc43)ccc2c1. The van der Waals surface area contributed by atoms with Crippen molar-refractivity contribution in [1.82, 2.24) is 19.1 Å². The zero-order valence-corrected chi connectivity index (χ0v) is 27.0. The normalized spacial score (nSPS) is 12.0. The van der Waals surface area contributed by atoms with Crippen LogP contribution in [0.25, 0.3) is 99.0 Å². The molecule has 0 radical (unpaired) electrons. The lowest BCUT2D eigenvalue weighted by atomic mass is 10.0. The van der Waals surface area contributed by atoms with E-state index in [1.807, 2.05) is 0 Å². The van der Waals surface area contributed by atoms with E-state index in [1.54, 1.807) is 0 Å². The van der Waals surface area contributed by atoms with Crippen molar-refractivity contribution in [2.75, 3.05) is 0 Å². The molecule has 11 aromatic rings. The van der Waals surface area contributed by atoms with Gasteiger partial charge in [0.2, 0.25) is 5.95 Å². The molecule has 0 saturated carbocycles. The third-order valence-corrected chi connectivity index (χ3v) is 10.3. The largest absolute Gasteiger partial charge is 0.309 e. The summed E-state index contributed by atoms with van der Waals surface area (Å²) in [7, 11) is 0. The summed E-state index contributed by atoms with van der Waals surface area (Å²) in [5, 5.41) is 10.7. The molecule has 0 spiro atoms. The van der Waals surface area contributed by atoms with Crippen LogP contribution in [0.1, 0.15) is 0 Å². The number of hydrogen-bond donors (Lipinski definition) is 0. The monoisotopic (exact) mass is 636 g/mol. The number of hydrogen-bond acceptors (Lipinski definition) is 2. The molecule has 11 rings (SSSR count). The predicted octanol–water partition coefficient (Wildman–Crippen LogP) is 11.8. The van der Waals surface area contributed by atoms with Crippen LogP contribution in [0.4, 0.5) is 0 Å². The van der Waals surface area contributed by atoms with Gasteiger partial charge in [0.25, 0.3) is 0 Å². The highest BCUT2D eigenvalue weighted by atomic mass is 15.2. The highest BCUT2D eigenvalue weighted by Gasteiger charge is 2.19. The van der Waals surface area contributed by atoms with Crippen LogP contribution in [0.2, 0.25) is 0 Å². The molecule has 0 N–H and O–H groups in total. The summed E-state index contributed by atoms with van der Waals surface area (Å²) >= 11 is 0. The van der Waals surface area contributed by atoms with E-state index in [0.29, 0.717) is 5.95 Å². The van der Waals surface area contributed by atoms with E-state index in [-0.39, 0.29) is 0 Å². The second-order valence-corrected chi connectivity index (χ2v) is 13.1. The Bertz CT molecular complexity index is 3160. The highest BCUT2D eigenvalue weighted by Crippen LogP contribution is 2.38. The molecule has 3 heterocycles. The van der Waals surface area contributed by atoms with Crippen LogP contribution in [0.15, 0.2) is 170 Å². The number of para-hydroxylation sites is 3. The minimum atomic E-state index is 0.662. The lowest BCUT2D eigenvalue weighted by molar-refractivity contribution is 1.01. The van der Waals surface area contributed by atoms with E-state index in [9.17, 15) is 0 Å². The summed E-state index contributed by atoms with van der Waals surface area (Å²) in [6, 6.07) is 60.8. The number of nitrogens with zero attached hydrogens (tertiary/aromatic N) is 4. The minimum absolute atomic E-state index is 0.662. The number of fused-ring (bicyclic) bond motifs is 9. The van der Waals surface area contributed by atoms with Crippen molar-refractivity contribution >= 4 is 76.1 Å². The van der Waals surface area contributed by atoms with Crippen molar-refractivity contribution in [3.05, 3.63) is 170 Å². The summed E-state index contributed by atoms with van der Waals surface area (Å²) in [6.45, 7) is 0. The van der Waals surface area contributed by atoms with Gasteiger partial charge in [0, 0.05) is 38.2 Å². The Balaban J connectivity index is 1.20. The van der Waals surface area contributed by atoms with Crippen LogP contribution < -0.4 is 0 Å². The Morgan fingerprint density at radius 2 is 0.920 bits per heavy atom. The Hall–Kier alpha value is -6.78. The van der Waals surface area contributed by atoms with Crippen molar-refractivity contribution in [3.8, 4) is 22.9 Å². The lowest BCUT2D eigenvalue weighted by Gasteiger charge is -2.13. The van der Waals surface area contributed by atoms with E-state index in [1.165, 1.54) is 48.6 Å². The van der Waals surface area contributed by atoms with Gasteiger partial charge in [-0.1, -0.05) is 121 Å². The maximum atomic E-state index is 5.44. The highest BCUT2D eigenvalue weighted by molar-refractivity contribution is 6.14. The molecule has 4 heteroatoms. The third-order valence-electron chi connectivity index (χ3n) is 10.3. The van der Waals surface area contributed by atoms with Gasteiger partial charge in [0.1, 0.15) is 0 Å². The van der Waals surface area contributed by atoms with Gasteiger partial charge >= 0.3 is 0 Å². The van der Waals surface area contributed by atoms with Crippen molar-refractivity contribution in [3.63, 3.8) is 0 Å². The summed E-state index contributed by atoms with van der Waals surface area (Å²) in [6.07, 6.45) is 0. The van der Waals surface area contributed by atoms with E-state index in [2.05, 4.69) is 179 Å². The first kappa shape index (κ1) is 27.2. The molecule has 0 aliphatic carbocycles. The average molecular weight is 637 g/mol. The molecule has 0 amide bonds. The van der Waals surface area contributed by atoms with E-state index >= 15 is 0 Å². The quantitative estimate of drug-likeness (QED) is 0.193. The molecule has 0 atom stereocenters. The average Bonchev–Trinajstić information content (AvgIpc) is 3.68. The maximum absolute atomic E-state index is 5.44. The van der Waals surface area contributed by atoms with Crippen molar-refractivity contribution in [2.24, 2.45) is 0 Å². The van der Waals surface area contributed by atoms with Gasteiger partial charge < -0.3 is 4.57 Å². The second kappa shape index (κ2) is 10.4.